The molecule has 0 bridgehead atoms. The Balaban J connectivity index is 3.26. The molecule has 0 aliphatic carbocycles. The summed E-state index contributed by atoms with van der Waals surface area (Å²) in [5.41, 5.74) is 1.12. The van der Waals surface area contributed by atoms with Crippen molar-refractivity contribution in [3.8, 4) is 11.5 Å². The van der Waals surface area contributed by atoms with Crippen LogP contribution in [0.2, 0.25) is 0 Å². The molecule has 1 aromatic rings. The molecular formula is C17H30N2O2. The average Bonchev–Trinajstić information content (AvgIpc) is 2.48. The molecule has 0 spiro atoms. The van der Waals surface area contributed by atoms with Crippen LogP contribution in [0.15, 0.2) is 18.2 Å². The van der Waals surface area contributed by atoms with Crippen LogP contribution in [0.4, 0.5) is 0 Å². The topological polar surface area (TPSA) is 33.7 Å². The van der Waals surface area contributed by atoms with Crippen LogP contribution in [0.25, 0.3) is 0 Å². The van der Waals surface area contributed by atoms with E-state index in [-0.39, 0.29) is 11.6 Å². The fourth-order valence-electron chi connectivity index (χ4n) is 3.17. The average molecular weight is 294 g/mol. The molecule has 120 valence electrons. The summed E-state index contributed by atoms with van der Waals surface area (Å²) in [5.74, 6) is 1.67. The molecule has 0 saturated carbocycles. The molecule has 1 N–H and O–H groups in total. The van der Waals surface area contributed by atoms with Gasteiger partial charge in [0.2, 0.25) is 0 Å². The van der Waals surface area contributed by atoms with Crippen molar-refractivity contribution in [2.45, 2.75) is 39.3 Å². The zero-order valence-corrected chi connectivity index (χ0v) is 14.5. The minimum Gasteiger partial charge on any atom is -0.497 e. The first-order valence-electron chi connectivity index (χ1n) is 7.60. The molecule has 0 aliphatic rings. The molecule has 0 amide bonds. The van der Waals surface area contributed by atoms with Crippen LogP contribution in [0.3, 0.4) is 0 Å². The van der Waals surface area contributed by atoms with Crippen LogP contribution in [0, 0.1) is 0 Å². The van der Waals surface area contributed by atoms with E-state index in [1.807, 2.05) is 19.2 Å². The van der Waals surface area contributed by atoms with Gasteiger partial charge in [0.15, 0.2) is 0 Å². The highest BCUT2D eigenvalue weighted by molar-refractivity contribution is 5.43. The van der Waals surface area contributed by atoms with Gasteiger partial charge >= 0.3 is 0 Å². The Morgan fingerprint density at radius 1 is 1.14 bits per heavy atom. The highest BCUT2D eigenvalue weighted by Crippen LogP contribution is 2.37. The van der Waals surface area contributed by atoms with Gasteiger partial charge in [-0.25, -0.2) is 0 Å². The van der Waals surface area contributed by atoms with E-state index in [1.165, 1.54) is 0 Å². The Morgan fingerprint density at radius 3 is 2.19 bits per heavy atom. The molecule has 0 aliphatic heterocycles. The SMILES string of the molecule is CCN(CC)C(C)(C)C(NC)c1ccc(OC)cc1OC. The number of likely N-dealkylation sites (N-methyl/N-ethyl adjacent to an activating group) is 2. The standard InChI is InChI=1S/C17H30N2O2/c1-8-19(9-2)17(3,4)16(18-5)14-11-10-13(20-6)12-15(14)21-7/h10-12,16,18H,8-9H2,1-7H3. The van der Waals surface area contributed by atoms with E-state index in [2.05, 4.69) is 44.0 Å². The van der Waals surface area contributed by atoms with Crippen LogP contribution < -0.4 is 14.8 Å². The summed E-state index contributed by atoms with van der Waals surface area (Å²) in [4.78, 5) is 2.46. The van der Waals surface area contributed by atoms with Gasteiger partial charge in [-0.2, -0.15) is 0 Å². The molecule has 21 heavy (non-hydrogen) atoms. The number of nitrogens with one attached hydrogen (secondary N) is 1. The van der Waals surface area contributed by atoms with Gasteiger partial charge in [0.05, 0.1) is 20.3 Å². The van der Waals surface area contributed by atoms with Crippen LogP contribution in [0.1, 0.15) is 39.3 Å². The monoisotopic (exact) mass is 294 g/mol. The predicted molar refractivity (Wildman–Crippen MR) is 88.3 cm³/mol. The Labute approximate surface area is 129 Å². The second-order valence-corrected chi connectivity index (χ2v) is 5.66. The van der Waals surface area contributed by atoms with Crippen molar-refractivity contribution in [3.63, 3.8) is 0 Å². The van der Waals surface area contributed by atoms with Gasteiger partial charge in [0, 0.05) is 17.2 Å². The van der Waals surface area contributed by atoms with Gasteiger partial charge in [-0.1, -0.05) is 13.8 Å². The number of hydrogen-bond donors (Lipinski definition) is 1. The summed E-state index contributed by atoms with van der Waals surface area (Å²) in [6.07, 6.45) is 0. The summed E-state index contributed by atoms with van der Waals surface area (Å²) >= 11 is 0. The van der Waals surface area contributed by atoms with E-state index in [0.717, 1.165) is 30.2 Å². The largest absolute Gasteiger partial charge is 0.497 e. The van der Waals surface area contributed by atoms with Crippen LogP contribution in [-0.4, -0.2) is 44.8 Å². The van der Waals surface area contributed by atoms with Crippen molar-refractivity contribution in [2.75, 3.05) is 34.4 Å². The normalized spacial score (nSPS) is 13.3. The predicted octanol–water partition coefficient (Wildman–Crippen LogP) is 3.08. The number of hydrogen-bond acceptors (Lipinski definition) is 4. The maximum atomic E-state index is 5.57. The minimum absolute atomic E-state index is 0.0277. The van der Waals surface area contributed by atoms with Crippen molar-refractivity contribution < 1.29 is 9.47 Å². The lowest BCUT2D eigenvalue weighted by atomic mass is 9.86. The van der Waals surface area contributed by atoms with Crippen LogP contribution in [-0.2, 0) is 0 Å². The summed E-state index contributed by atoms with van der Waals surface area (Å²) < 4.78 is 10.9. The maximum absolute atomic E-state index is 5.57. The molecule has 4 nitrogen and oxygen atoms in total. The smallest absolute Gasteiger partial charge is 0.127 e. The second kappa shape index (κ2) is 7.66. The van der Waals surface area contributed by atoms with E-state index < -0.39 is 0 Å². The van der Waals surface area contributed by atoms with Gasteiger partial charge in [0.1, 0.15) is 11.5 Å². The number of benzene rings is 1. The minimum atomic E-state index is -0.0277. The van der Waals surface area contributed by atoms with Crippen molar-refractivity contribution in [2.24, 2.45) is 0 Å². The van der Waals surface area contributed by atoms with Crippen molar-refractivity contribution in [1.29, 1.82) is 0 Å². The lowest BCUT2D eigenvalue weighted by molar-refractivity contribution is 0.0933. The molecule has 4 heteroatoms. The third-order valence-electron chi connectivity index (χ3n) is 4.33. The van der Waals surface area contributed by atoms with Gasteiger partial charge in [0.25, 0.3) is 0 Å². The Hall–Kier alpha value is -1.26. The first-order chi connectivity index (χ1) is 9.95. The van der Waals surface area contributed by atoms with E-state index in [9.17, 15) is 0 Å². The van der Waals surface area contributed by atoms with E-state index in [0.29, 0.717) is 0 Å². The quantitative estimate of drug-likeness (QED) is 0.799. The first-order valence-corrected chi connectivity index (χ1v) is 7.60. The molecule has 1 aromatic carbocycles. The molecule has 0 fully saturated rings. The number of nitrogens with zero attached hydrogens (tertiary/aromatic N) is 1. The van der Waals surface area contributed by atoms with E-state index >= 15 is 0 Å². The number of methoxy groups -OCH3 is 2. The first kappa shape index (κ1) is 17.8. The molecule has 1 unspecified atom stereocenters. The highest BCUT2D eigenvalue weighted by atomic mass is 16.5. The lowest BCUT2D eigenvalue weighted by Gasteiger charge is -2.44. The summed E-state index contributed by atoms with van der Waals surface area (Å²) in [6, 6.07) is 6.18. The maximum Gasteiger partial charge on any atom is 0.127 e. The summed E-state index contributed by atoms with van der Waals surface area (Å²) in [6.45, 7) is 11.0. The van der Waals surface area contributed by atoms with Crippen molar-refractivity contribution in [1.82, 2.24) is 10.2 Å². The van der Waals surface area contributed by atoms with Gasteiger partial charge in [-0.15, -0.1) is 0 Å². The summed E-state index contributed by atoms with van der Waals surface area (Å²) in [5, 5.41) is 3.46. The third kappa shape index (κ3) is 3.69. The molecule has 0 aromatic heterocycles. The molecular weight excluding hydrogens is 264 g/mol. The van der Waals surface area contributed by atoms with Crippen molar-refractivity contribution in [3.05, 3.63) is 23.8 Å². The zero-order valence-electron chi connectivity index (χ0n) is 14.5. The second-order valence-electron chi connectivity index (χ2n) is 5.66. The lowest BCUT2D eigenvalue weighted by Crippen LogP contribution is -2.52. The Bertz CT molecular complexity index is 442. The Kier molecular flexibility index (Phi) is 6.49. The molecule has 1 rings (SSSR count). The fraction of sp³-hybridized carbons (Fsp3) is 0.647. The number of rotatable bonds is 8. The van der Waals surface area contributed by atoms with Gasteiger partial charge in [-0.05, 0) is 46.1 Å². The molecule has 0 heterocycles. The fourth-order valence-corrected chi connectivity index (χ4v) is 3.17. The highest BCUT2D eigenvalue weighted by Gasteiger charge is 2.35. The van der Waals surface area contributed by atoms with Gasteiger partial charge in [-0.3, -0.25) is 4.90 Å². The molecule has 1 atom stereocenters. The molecule has 0 saturated heterocycles. The zero-order chi connectivity index (χ0) is 16.0. The van der Waals surface area contributed by atoms with Crippen molar-refractivity contribution >= 4 is 0 Å². The van der Waals surface area contributed by atoms with E-state index in [1.54, 1.807) is 14.2 Å². The number of ether oxygens (including phenoxy) is 2. The van der Waals surface area contributed by atoms with E-state index in [4.69, 9.17) is 9.47 Å². The molecule has 0 radical (unpaired) electrons. The third-order valence-corrected chi connectivity index (χ3v) is 4.33. The van der Waals surface area contributed by atoms with Crippen LogP contribution >= 0.6 is 0 Å². The van der Waals surface area contributed by atoms with Crippen LogP contribution in [0.5, 0.6) is 11.5 Å². The Morgan fingerprint density at radius 2 is 1.76 bits per heavy atom. The van der Waals surface area contributed by atoms with Gasteiger partial charge < -0.3 is 14.8 Å². The summed E-state index contributed by atoms with van der Waals surface area (Å²) in [7, 11) is 5.37.